The van der Waals surface area contributed by atoms with E-state index in [1.54, 1.807) is 19.2 Å². The molecule has 5 rings (SSSR count). The molecule has 35 heavy (non-hydrogen) atoms. The molecule has 1 amide bonds. The van der Waals surface area contributed by atoms with Crippen molar-refractivity contribution in [3.63, 3.8) is 0 Å². The highest BCUT2D eigenvalue weighted by Crippen LogP contribution is 2.40. The number of rotatable bonds is 7. The molecule has 7 nitrogen and oxygen atoms in total. The molecule has 0 saturated heterocycles. The molecule has 2 aromatic heterocycles. The summed E-state index contributed by atoms with van der Waals surface area (Å²) in [6, 6.07) is 12.7. The third-order valence-electron chi connectivity index (χ3n) is 6.39. The topological polar surface area (TPSA) is 91.3 Å². The summed E-state index contributed by atoms with van der Waals surface area (Å²) in [5.41, 5.74) is 5.65. The van der Waals surface area contributed by atoms with Gasteiger partial charge in [-0.15, -0.1) is 0 Å². The number of aryl methyl sites for hydroxylation is 2. The van der Waals surface area contributed by atoms with Crippen LogP contribution < -0.4 is 16.0 Å². The van der Waals surface area contributed by atoms with Crippen LogP contribution in [-0.4, -0.2) is 34.9 Å². The molecule has 3 aromatic rings. The van der Waals surface area contributed by atoms with Gasteiger partial charge in [-0.25, -0.2) is 4.98 Å². The van der Waals surface area contributed by atoms with E-state index in [1.165, 1.54) is 6.07 Å². The van der Waals surface area contributed by atoms with Crippen LogP contribution in [0.3, 0.4) is 0 Å². The molecule has 1 fully saturated rings. The predicted molar refractivity (Wildman–Crippen MR) is 133 cm³/mol. The summed E-state index contributed by atoms with van der Waals surface area (Å²) >= 11 is 0. The normalized spacial score (nSPS) is 15.8. The summed E-state index contributed by atoms with van der Waals surface area (Å²) in [7, 11) is 0. The number of amides is 1. The molecule has 1 unspecified atom stereocenters. The molecule has 2 aliphatic rings. The van der Waals surface area contributed by atoms with Gasteiger partial charge in [0.05, 0.1) is 18.3 Å². The standard InChI is InChI=1S/C27H29FN6O/c1-16-7-8-29-23(11-16)25(19-3-4-19)34-26(35)21-13-18(15-32-27-30-9-10-31-27)12-20(14-21)22-5-6-24(28)33-17(22)2/h5-8,11-14,19,25H,3-4,9-10,15H2,1-2H3,(H,34,35)(H2,30,31,32). The molecule has 0 spiro atoms. The Morgan fingerprint density at radius 3 is 2.74 bits per heavy atom. The zero-order valence-corrected chi connectivity index (χ0v) is 19.9. The lowest BCUT2D eigenvalue weighted by molar-refractivity contribution is 0.0930. The molecule has 1 atom stereocenters. The molecule has 3 heterocycles. The smallest absolute Gasteiger partial charge is 0.251 e. The second-order valence-electron chi connectivity index (χ2n) is 9.24. The second-order valence-corrected chi connectivity index (χ2v) is 9.24. The third-order valence-corrected chi connectivity index (χ3v) is 6.39. The van der Waals surface area contributed by atoms with Gasteiger partial charge in [0.25, 0.3) is 5.91 Å². The summed E-state index contributed by atoms with van der Waals surface area (Å²) in [5, 5.41) is 9.72. The molecular weight excluding hydrogens is 443 g/mol. The van der Waals surface area contributed by atoms with Crippen LogP contribution in [-0.2, 0) is 6.54 Å². The van der Waals surface area contributed by atoms with Gasteiger partial charge in [0, 0.05) is 36.1 Å². The third kappa shape index (κ3) is 5.48. The number of hydrogen-bond donors (Lipinski definition) is 3. The zero-order valence-electron chi connectivity index (χ0n) is 19.9. The highest BCUT2D eigenvalue weighted by Gasteiger charge is 2.34. The first-order valence-electron chi connectivity index (χ1n) is 12.0. The van der Waals surface area contributed by atoms with E-state index in [-0.39, 0.29) is 11.9 Å². The lowest BCUT2D eigenvalue weighted by Gasteiger charge is -2.19. The monoisotopic (exact) mass is 472 g/mol. The number of pyridine rings is 2. The summed E-state index contributed by atoms with van der Waals surface area (Å²) in [5.74, 6) is 0.468. The number of guanidine groups is 1. The lowest BCUT2D eigenvalue weighted by Crippen LogP contribution is -2.33. The van der Waals surface area contributed by atoms with E-state index in [0.29, 0.717) is 23.7 Å². The van der Waals surface area contributed by atoms with Crippen molar-refractivity contribution in [2.24, 2.45) is 10.9 Å². The van der Waals surface area contributed by atoms with Gasteiger partial charge in [-0.2, -0.15) is 4.39 Å². The Morgan fingerprint density at radius 1 is 1.17 bits per heavy atom. The SMILES string of the molecule is Cc1ccnc(C(NC(=O)c2cc(CNC3=NCCN3)cc(-c3ccc(F)nc3C)c2)C2CC2)c1. The molecular formula is C27H29FN6O. The van der Waals surface area contributed by atoms with Gasteiger partial charge in [-0.1, -0.05) is 0 Å². The van der Waals surface area contributed by atoms with Gasteiger partial charge >= 0.3 is 0 Å². The molecule has 0 radical (unpaired) electrons. The molecule has 1 aliphatic heterocycles. The Labute approximate surface area is 204 Å². The van der Waals surface area contributed by atoms with E-state index in [9.17, 15) is 9.18 Å². The molecule has 3 N–H and O–H groups in total. The van der Waals surface area contributed by atoms with Gasteiger partial charge in [-0.3, -0.25) is 14.8 Å². The highest BCUT2D eigenvalue weighted by atomic mass is 19.1. The quantitative estimate of drug-likeness (QED) is 0.455. The molecule has 1 saturated carbocycles. The maximum atomic E-state index is 13.6. The van der Waals surface area contributed by atoms with Crippen molar-refractivity contribution < 1.29 is 9.18 Å². The Hall–Kier alpha value is -3.81. The Bertz CT molecular complexity index is 1290. The van der Waals surface area contributed by atoms with Crippen LogP contribution in [0.25, 0.3) is 11.1 Å². The molecule has 0 bridgehead atoms. The van der Waals surface area contributed by atoms with Crippen LogP contribution in [0.15, 0.2) is 53.7 Å². The summed E-state index contributed by atoms with van der Waals surface area (Å²) < 4.78 is 13.6. The van der Waals surface area contributed by atoms with Gasteiger partial charge in [-0.05, 0) is 91.8 Å². The van der Waals surface area contributed by atoms with Gasteiger partial charge in [0.2, 0.25) is 5.95 Å². The van der Waals surface area contributed by atoms with Crippen LogP contribution in [0, 0.1) is 25.7 Å². The fraction of sp³-hybridized carbons (Fsp3) is 0.333. The number of carbonyl (C=O) groups is 1. The Morgan fingerprint density at radius 2 is 2.03 bits per heavy atom. The van der Waals surface area contributed by atoms with Crippen LogP contribution in [0.2, 0.25) is 0 Å². The van der Waals surface area contributed by atoms with E-state index >= 15 is 0 Å². The van der Waals surface area contributed by atoms with Gasteiger partial charge in [0.1, 0.15) is 0 Å². The second kappa shape index (κ2) is 9.82. The van der Waals surface area contributed by atoms with Crippen molar-refractivity contribution in [2.75, 3.05) is 13.1 Å². The predicted octanol–water partition coefficient (Wildman–Crippen LogP) is 3.83. The van der Waals surface area contributed by atoms with Crippen molar-refractivity contribution >= 4 is 11.9 Å². The van der Waals surface area contributed by atoms with E-state index < -0.39 is 5.95 Å². The van der Waals surface area contributed by atoms with Crippen molar-refractivity contribution in [3.05, 3.63) is 82.7 Å². The van der Waals surface area contributed by atoms with Crippen LogP contribution in [0.1, 0.15) is 51.8 Å². The molecule has 180 valence electrons. The van der Waals surface area contributed by atoms with Crippen molar-refractivity contribution in [1.82, 2.24) is 25.9 Å². The number of carbonyl (C=O) groups excluding carboxylic acids is 1. The summed E-state index contributed by atoms with van der Waals surface area (Å²) in [4.78, 5) is 26.4. The fourth-order valence-corrected chi connectivity index (χ4v) is 4.44. The van der Waals surface area contributed by atoms with E-state index in [1.807, 2.05) is 37.3 Å². The number of nitrogens with zero attached hydrogens (tertiary/aromatic N) is 3. The number of hydrogen-bond acceptors (Lipinski definition) is 6. The molecule has 1 aliphatic carbocycles. The lowest BCUT2D eigenvalue weighted by atomic mass is 9.98. The first kappa shape index (κ1) is 23.0. The Balaban J connectivity index is 1.46. The first-order valence-corrected chi connectivity index (χ1v) is 12.0. The average Bonchev–Trinajstić information content (AvgIpc) is 3.55. The first-order chi connectivity index (χ1) is 17.0. The highest BCUT2D eigenvalue weighted by molar-refractivity contribution is 5.96. The van der Waals surface area contributed by atoms with E-state index in [0.717, 1.165) is 59.8 Å². The van der Waals surface area contributed by atoms with Gasteiger partial charge in [0.15, 0.2) is 5.96 Å². The van der Waals surface area contributed by atoms with E-state index in [2.05, 4.69) is 30.9 Å². The maximum absolute atomic E-state index is 13.6. The fourth-order valence-electron chi connectivity index (χ4n) is 4.44. The van der Waals surface area contributed by atoms with Crippen LogP contribution in [0.4, 0.5) is 4.39 Å². The maximum Gasteiger partial charge on any atom is 0.251 e. The molecule has 1 aromatic carbocycles. The zero-order chi connectivity index (χ0) is 24.4. The largest absolute Gasteiger partial charge is 0.355 e. The van der Waals surface area contributed by atoms with Gasteiger partial charge < -0.3 is 16.0 Å². The number of aromatic nitrogens is 2. The average molecular weight is 473 g/mol. The number of benzene rings is 1. The van der Waals surface area contributed by atoms with Crippen molar-refractivity contribution in [3.8, 4) is 11.1 Å². The number of halogens is 1. The minimum Gasteiger partial charge on any atom is -0.355 e. The van der Waals surface area contributed by atoms with Crippen molar-refractivity contribution in [2.45, 2.75) is 39.3 Å². The van der Waals surface area contributed by atoms with Crippen molar-refractivity contribution in [1.29, 1.82) is 0 Å². The minimum absolute atomic E-state index is 0.126. The van der Waals surface area contributed by atoms with Crippen LogP contribution >= 0.6 is 0 Å². The Kier molecular flexibility index (Phi) is 6.44. The summed E-state index contributed by atoms with van der Waals surface area (Å²) in [6.45, 7) is 5.85. The number of aliphatic imine (C=N–C) groups is 1. The molecule has 8 heteroatoms. The number of nitrogens with one attached hydrogen (secondary N) is 3. The summed E-state index contributed by atoms with van der Waals surface area (Å²) in [6.07, 6.45) is 3.94. The van der Waals surface area contributed by atoms with Crippen LogP contribution in [0.5, 0.6) is 0 Å². The minimum atomic E-state index is -0.523. The van der Waals surface area contributed by atoms with E-state index in [4.69, 9.17) is 0 Å².